The normalized spacial score (nSPS) is 18.0. The van der Waals surface area contributed by atoms with Crippen LogP contribution in [-0.4, -0.2) is 0 Å². The standard InChI is InChI=1S/C58H52N2/c1-55(2)43-22-15-24-45-52(43)60-53-44(55)23-16-25-46(53)57(5,6)50-33-37(32-49(54(50)60)56(45,3)4)36-27-29-41-42-30-28-39(34-48(42)58(7,8)47(41)31-36)59(38-19-10-9-11-20-38)51-26-14-18-35-17-12-13-21-40(35)51/h9-12,14-20,22-34H,13,21H2,1-8H3. The number of hydrogen-bond donors (Lipinski definition) is 0. The number of allylic oxidation sites excluding steroid dienone is 1. The topological polar surface area (TPSA) is 6.48 Å². The first-order valence-electron chi connectivity index (χ1n) is 22.0. The molecule has 2 nitrogen and oxygen atoms in total. The molecule has 0 saturated carbocycles. The highest BCUT2D eigenvalue weighted by Crippen LogP contribution is 2.66. The second-order valence-electron chi connectivity index (χ2n) is 20.1. The summed E-state index contributed by atoms with van der Waals surface area (Å²) in [6, 6.07) is 51.4. The van der Waals surface area contributed by atoms with Crippen molar-refractivity contribution in [2.45, 2.75) is 89.9 Å². The molecule has 60 heavy (non-hydrogen) atoms. The molecule has 0 saturated heterocycles. The van der Waals surface area contributed by atoms with Crippen molar-refractivity contribution in [1.82, 2.24) is 0 Å². The van der Waals surface area contributed by atoms with E-state index >= 15 is 0 Å². The average Bonchev–Trinajstić information content (AvgIpc) is 3.48. The molecule has 2 heteroatoms. The minimum Gasteiger partial charge on any atom is -0.310 e. The number of para-hydroxylation sites is 3. The Morgan fingerprint density at radius 2 is 0.950 bits per heavy atom. The molecule has 0 atom stereocenters. The number of hydrogen-bond acceptors (Lipinski definition) is 2. The van der Waals surface area contributed by atoms with Crippen LogP contribution in [0.5, 0.6) is 0 Å². The number of fused-ring (bicyclic) bond motifs is 4. The van der Waals surface area contributed by atoms with Crippen LogP contribution in [0.1, 0.15) is 117 Å². The van der Waals surface area contributed by atoms with Crippen molar-refractivity contribution in [1.29, 1.82) is 0 Å². The van der Waals surface area contributed by atoms with Gasteiger partial charge >= 0.3 is 0 Å². The van der Waals surface area contributed by atoms with Gasteiger partial charge < -0.3 is 9.80 Å². The minimum atomic E-state index is -0.190. The van der Waals surface area contributed by atoms with Crippen LogP contribution in [0.3, 0.4) is 0 Å². The summed E-state index contributed by atoms with van der Waals surface area (Å²) in [7, 11) is 0. The Morgan fingerprint density at radius 1 is 0.433 bits per heavy atom. The molecule has 0 unspecified atom stereocenters. The minimum absolute atomic E-state index is 0.0950. The van der Waals surface area contributed by atoms with Gasteiger partial charge in [-0.05, 0) is 139 Å². The molecule has 0 bridgehead atoms. The van der Waals surface area contributed by atoms with Crippen LogP contribution in [0.2, 0.25) is 0 Å². The summed E-state index contributed by atoms with van der Waals surface area (Å²) in [4.78, 5) is 5.16. The summed E-state index contributed by atoms with van der Waals surface area (Å²) in [5, 5.41) is 0. The summed E-state index contributed by atoms with van der Waals surface area (Å²) < 4.78 is 0. The second-order valence-corrected chi connectivity index (χ2v) is 20.1. The molecule has 0 amide bonds. The van der Waals surface area contributed by atoms with Gasteiger partial charge in [-0.2, -0.15) is 0 Å². The molecular formula is C58H52N2. The number of anilines is 6. The Labute approximate surface area is 355 Å². The lowest BCUT2D eigenvalue weighted by Crippen LogP contribution is -2.43. The zero-order chi connectivity index (χ0) is 41.1. The average molecular weight is 777 g/mol. The maximum Gasteiger partial charge on any atom is 0.0544 e. The molecule has 0 radical (unpaired) electrons. The Morgan fingerprint density at radius 3 is 1.58 bits per heavy atom. The van der Waals surface area contributed by atoms with Crippen LogP contribution >= 0.6 is 0 Å². The molecule has 0 aromatic heterocycles. The molecule has 0 spiro atoms. The van der Waals surface area contributed by atoms with Crippen molar-refractivity contribution in [2.75, 3.05) is 9.80 Å². The number of nitrogens with zero attached hydrogens (tertiary/aromatic N) is 2. The molecule has 2 aliphatic carbocycles. The van der Waals surface area contributed by atoms with Gasteiger partial charge in [0.1, 0.15) is 0 Å². The predicted octanol–water partition coefficient (Wildman–Crippen LogP) is 15.5. The first-order valence-corrected chi connectivity index (χ1v) is 22.0. The maximum absolute atomic E-state index is 2.67. The van der Waals surface area contributed by atoms with Crippen molar-refractivity contribution in [3.8, 4) is 22.3 Å². The summed E-state index contributed by atoms with van der Waals surface area (Å²) in [6.45, 7) is 19.5. The van der Waals surface area contributed by atoms with E-state index in [0.29, 0.717) is 0 Å². The summed E-state index contributed by atoms with van der Waals surface area (Å²) in [5.74, 6) is 0. The largest absolute Gasteiger partial charge is 0.310 e. The van der Waals surface area contributed by atoms with Crippen molar-refractivity contribution >= 4 is 40.2 Å². The zero-order valence-electron chi connectivity index (χ0n) is 36.2. The maximum atomic E-state index is 2.67. The van der Waals surface area contributed by atoms with Gasteiger partial charge in [-0.25, -0.2) is 0 Å². The lowest BCUT2D eigenvalue weighted by Gasteiger charge is -2.55. The Bertz CT molecular complexity index is 2950. The third-order valence-corrected chi connectivity index (χ3v) is 15.4. The fourth-order valence-electron chi connectivity index (χ4n) is 12.1. The van der Waals surface area contributed by atoms with E-state index in [-0.39, 0.29) is 21.7 Å². The van der Waals surface area contributed by atoms with Crippen molar-refractivity contribution < 1.29 is 0 Å². The van der Waals surface area contributed by atoms with Gasteiger partial charge in [0, 0.05) is 38.7 Å². The third-order valence-electron chi connectivity index (χ3n) is 15.4. The fourth-order valence-corrected chi connectivity index (χ4v) is 12.1. The fraction of sp³-hybridized carbons (Fsp3) is 0.241. The SMILES string of the molecule is CC1(C)c2cc(-c3cc4c5c(c3)C(C)(C)c3cccc6c3N5c3c(cccc3C4(C)C)C6(C)C)ccc2-c2ccc(N(c3ccccc3)c3cccc4c3CCC=C4)cc21. The van der Waals surface area contributed by atoms with E-state index in [4.69, 9.17) is 0 Å². The van der Waals surface area contributed by atoms with E-state index in [1.54, 1.807) is 0 Å². The summed E-state index contributed by atoms with van der Waals surface area (Å²) in [6.07, 6.45) is 6.72. The Kier molecular flexibility index (Phi) is 7.03. The predicted molar refractivity (Wildman–Crippen MR) is 253 cm³/mol. The van der Waals surface area contributed by atoms with Crippen molar-refractivity contribution in [3.63, 3.8) is 0 Å². The van der Waals surface area contributed by atoms with E-state index in [1.807, 2.05) is 0 Å². The molecular weight excluding hydrogens is 725 g/mol. The van der Waals surface area contributed by atoms with E-state index < -0.39 is 0 Å². The zero-order valence-corrected chi connectivity index (χ0v) is 36.2. The van der Waals surface area contributed by atoms with E-state index in [1.165, 1.54) is 112 Å². The van der Waals surface area contributed by atoms with E-state index in [2.05, 4.69) is 211 Å². The molecule has 0 N–H and O–H groups in total. The first kappa shape index (κ1) is 35.8. The lowest BCUT2D eigenvalue weighted by atomic mass is 9.60. The molecule has 7 aromatic carbocycles. The molecule has 12 rings (SSSR count). The molecule has 0 fully saturated rings. The van der Waals surface area contributed by atoms with Gasteiger partial charge in [0.25, 0.3) is 0 Å². The van der Waals surface area contributed by atoms with Crippen molar-refractivity contribution in [2.24, 2.45) is 0 Å². The van der Waals surface area contributed by atoms with Crippen LogP contribution < -0.4 is 9.80 Å². The van der Waals surface area contributed by atoms with E-state index in [9.17, 15) is 0 Å². The van der Waals surface area contributed by atoms with Gasteiger partial charge in [0.15, 0.2) is 0 Å². The Hall–Kier alpha value is -6.12. The number of benzene rings is 7. The van der Waals surface area contributed by atoms with Gasteiger partial charge in [-0.3, -0.25) is 0 Å². The molecule has 3 heterocycles. The highest BCUT2D eigenvalue weighted by molar-refractivity contribution is 5.99. The van der Waals surface area contributed by atoms with Gasteiger partial charge in [-0.1, -0.05) is 152 Å². The first-order chi connectivity index (χ1) is 28.8. The molecule has 3 aliphatic heterocycles. The highest BCUT2D eigenvalue weighted by atomic mass is 15.2. The van der Waals surface area contributed by atoms with Gasteiger partial charge in [0.05, 0.1) is 17.1 Å². The van der Waals surface area contributed by atoms with Crippen LogP contribution in [0.15, 0.2) is 140 Å². The monoisotopic (exact) mass is 776 g/mol. The van der Waals surface area contributed by atoms with Crippen LogP contribution in [0, 0.1) is 0 Å². The Balaban J connectivity index is 1.01. The quantitative estimate of drug-likeness (QED) is 0.176. The summed E-state index contributed by atoms with van der Waals surface area (Å²) >= 11 is 0. The van der Waals surface area contributed by atoms with E-state index in [0.717, 1.165) is 12.8 Å². The highest BCUT2D eigenvalue weighted by Gasteiger charge is 2.51. The van der Waals surface area contributed by atoms with Crippen LogP contribution in [0.25, 0.3) is 28.3 Å². The van der Waals surface area contributed by atoms with Gasteiger partial charge in [0.2, 0.25) is 0 Å². The van der Waals surface area contributed by atoms with Crippen LogP contribution in [-0.2, 0) is 28.1 Å². The summed E-state index contributed by atoms with van der Waals surface area (Å²) in [5.41, 5.74) is 26.5. The second kappa shape index (κ2) is 11.8. The van der Waals surface area contributed by atoms with Crippen LogP contribution in [0.4, 0.5) is 34.1 Å². The lowest BCUT2D eigenvalue weighted by molar-refractivity contribution is 0.567. The molecule has 7 aromatic rings. The van der Waals surface area contributed by atoms with Crippen molar-refractivity contribution in [3.05, 3.63) is 195 Å². The smallest absolute Gasteiger partial charge is 0.0544 e. The molecule has 294 valence electrons. The number of rotatable bonds is 4. The third kappa shape index (κ3) is 4.49. The molecule has 5 aliphatic rings. The van der Waals surface area contributed by atoms with Gasteiger partial charge in [-0.15, -0.1) is 0 Å².